The summed E-state index contributed by atoms with van der Waals surface area (Å²) in [5, 5.41) is 3.50. The molecule has 0 saturated carbocycles. The molecular weight excluding hydrogens is 497 g/mol. The van der Waals surface area contributed by atoms with Crippen LogP contribution in [0.25, 0.3) is 0 Å². The summed E-state index contributed by atoms with van der Waals surface area (Å²) < 4.78 is 6.25. The highest BCUT2D eigenvalue weighted by atomic mass is 79.9. The van der Waals surface area contributed by atoms with E-state index >= 15 is 0 Å². The summed E-state index contributed by atoms with van der Waals surface area (Å²) in [6.45, 7) is 0. The monoisotopic (exact) mass is 507 g/mol. The Morgan fingerprint density at radius 3 is 2.20 bits per heavy atom. The molecule has 0 spiro atoms. The first kappa shape index (κ1) is 20.2. The van der Waals surface area contributed by atoms with Crippen LogP contribution in [0.1, 0.15) is 15.9 Å². The molecular formula is C17H13Br2Cl2NO3. The van der Waals surface area contributed by atoms with Crippen LogP contribution in [0.3, 0.4) is 0 Å². The number of carbonyl (C=O) groups excluding carboxylic acids is 2. The molecule has 0 heterocycles. The molecule has 0 radical (unpaired) electrons. The molecule has 2 aromatic carbocycles. The number of carbonyl (C=O) groups is 2. The number of methoxy groups -OCH3 is 1. The van der Waals surface area contributed by atoms with E-state index in [1.165, 1.54) is 7.11 Å². The molecule has 0 bridgehead atoms. The van der Waals surface area contributed by atoms with Crippen molar-refractivity contribution in [3.05, 3.63) is 66.5 Å². The minimum atomic E-state index is -0.923. The third-order valence-corrected chi connectivity index (χ3v) is 5.01. The minimum absolute atomic E-state index is 0.117. The number of esters is 1. The Balaban J connectivity index is 2.26. The standard InChI is InChI=1S/C17H13Br2Cl2NO3/c1-25-17(24)15(8-12-13(20)3-2-4-14(12)21)22-16(23)9-5-10(18)7-11(19)6-9/h2-7,15H,8H2,1H3,(H,22,23)/t15-/m0/s1. The molecule has 1 N–H and O–H groups in total. The van der Waals surface area contributed by atoms with E-state index in [-0.39, 0.29) is 6.42 Å². The molecule has 4 nitrogen and oxygen atoms in total. The van der Waals surface area contributed by atoms with E-state index in [2.05, 4.69) is 37.2 Å². The van der Waals surface area contributed by atoms with Gasteiger partial charge in [0.2, 0.25) is 0 Å². The van der Waals surface area contributed by atoms with Crippen LogP contribution >= 0.6 is 55.1 Å². The van der Waals surface area contributed by atoms with Gasteiger partial charge in [-0.05, 0) is 35.9 Å². The third kappa shape index (κ3) is 5.45. The largest absolute Gasteiger partial charge is 0.467 e. The van der Waals surface area contributed by atoms with Gasteiger partial charge in [-0.25, -0.2) is 4.79 Å². The number of amides is 1. The zero-order valence-corrected chi connectivity index (χ0v) is 17.7. The lowest BCUT2D eigenvalue weighted by atomic mass is 10.0. The Morgan fingerprint density at radius 1 is 1.12 bits per heavy atom. The van der Waals surface area contributed by atoms with Gasteiger partial charge < -0.3 is 10.1 Å². The van der Waals surface area contributed by atoms with Gasteiger partial charge >= 0.3 is 5.97 Å². The van der Waals surface area contributed by atoms with Gasteiger partial charge in [0.05, 0.1) is 7.11 Å². The fourth-order valence-electron chi connectivity index (χ4n) is 2.19. The molecule has 1 amide bonds. The van der Waals surface area contributed by atoms with Crippen molar-refractivity contribution in [2.45, 2.75) is 12.5 Å². The molecule has 0 aliphatic carbocycles. The lowest BCUT2D eigenvalue weighted by molar-refractivity contribution is -0.142. The molecule has 0 aliphatic heterocycles. The normalized spacial score (nSPS) is 11.7. The Kier molecular flexibility index (Phi) is 7.31. The molecule has 1 atom stereocenters. The first-order valence-electron chi connectivity index (χ1n) is 7.09. The van der Waals surface area contributed by atoms with E-state index in [9.17, 15) is 9.59 Å². The number of ether oxygens (including phenoxy) is 1. The molecule has 8 heteroatoms. The maximum atomic E-state index is 12.5. The number of rotatable bonds is 5. The zero-order chi connectivity index (χ0) is 18.6. The van der Waals surface area contributed by atoms with Crippen LogP contribution in [0.5, 0.6) is 0 Å². The molecule has 0 unspecified atom stereocenters. The highest BCUT2D eigenvalue weighted by Gasteiger charge is 2.25. The summed E-state index contributed by atoms with van der Waals surface area (Å²) in [7, 11) is 1.26. The van der Waals surface area contributed by atoms with Crippen molar-refractivity contribution in [2.24, 2.45) is 0 Å². The van der Waals surface area contributed by atoms with Gasteiger partial charge in [0.1, 0.15) is 6.04 Å². The van der Waals surface area contributed by atoms with Gasteiger partial charge in [0.15, 0.2) is 0 Å². The molecule has 0 saturated heterocycles. The summed E-state index contributed by atoms with van der Waals surface area (Å²) in [6, 6.07) is 9.23. The summed E-state index contributed by atoms with van der Waals surface area (Å²) >= 11 is 19.0. The van der Waals surface area contributed by atoms with Crippen molar-refractivity contribution in [1.29, 1.82) is 0 Å². The van der Waals surface area contributed by atoms with E-state index in [4.69, 9.17) is 27.9 Å². The Bertz CT molecular complexity index is 774. The number of nitrogens with one attached hydrogen (secondary N) is 1. The second-order valence-electron chi connectivity index (χ2n) is 5.11. The molecule has 0 aliphatic rings. The van der Waals surface area contributed by atoms with Gasteiger partial charge in [0.25, 0.3) is 5.91 Å². The lowest BCUT2D eigenvalue weighted by Gasteiger charge is -2.18. The maximum Gasteiger partial charge on any atom is 0.328 e. The van der Waals surface area contributed by atoms with Crippen molar-refractivity contribution >= 4 is 66.9 Å². The molecule has 2 rings (SSSR count). The second-order valence-corrected chi connectivity index (χ2v) is 7.76. The SMILES string of the molecule is COC(=O)[C@H](Cc1c(Cl)cccc1Cl)NC(=O)c1cc(Br)cc(Br)c1. The average Bonchev–Trinajstić information content (AvgIpc) is 2.55. The van der Waals surface area contributed by atoms with E-state index in [0.29, 0.717) is 21.2 Å². The Labute approximate surface area is 172 Å². The minimum Gasteiger partial charge on any atom is -0.467 e. The topological polar surface area (TPSA) is 55.4 Å². The van der Waals surface area contributed by atoms with Gasteiger partial charge in [0, 0.05) is 31.0 Å². The van der Waals surface area contributed by atoms with Crippen LogP contribution in [0.15, 0.2) is 45.3 Å². The fourth-order valence-corrected chi connectivity index (χ4v) is 4.04. The summed E-state index contributed by atoms with van der Waals surface area (Å²) in [4.78, 5) is 24.6. The zero-order valence-electron chi connectivity index (χ0n) is 13.0. The molecule has 25 heavy (non-hydrogen) atoms. The lowest BCUT2D eigenvalue weighted by Crippen LogP contribution is -2.43. The molecule has 2 aromatic rings. The van der Waals surface area contributed by atoms with E-state index in [0.717, 1.165) is 8.95 Å². The van der Waals surface area contributed by atoms with Gasteiger partial charge in [-0.15, -0.1) is 0 Å². The maximum absolute atomic E-state index is 12.5. The smallest absolute Gasteiger partial charge is 0.328 e. The van der Waals surface area contributed by atoms with Crippen LogP contribution in [0.2, 0.25) is 10.0 Å². The predicted octanol–water partition coefficient (Wildman–Crippen LogP) is 5.03. The second kappa shape index (κ2) is 9.03. The van der Waals surface area contributed by atoms with Crippen molar-refractivity contribution < 1.29 is 14.3 Å². The highest BCUT2D eigenvalue weighted by molar-refractivity contribution is 9.11. The Hall–Kier alpha value is -1.08. The van der Waals surface area contributed by atoms with Gasteiger partial charge in [-0.2, -0.15) is 0 Å². The number of halogens is 4. The van der Waals surface area contributed by atoms with Crippen molar-refractivity contribution in [3.8, 4) is 0 Å². The first-order valence-corrected chi connectivity index (χ1v) is 9.43. The quantitative estimate of drug-likeness (QED) is 0.575. The van der Waals surface area contributed by atoms with Crippen LogP contribution in [-0.4, -0.2) is 25.0 Å². The van der Waals surface area contributed by atoms with Gasteiger partial charge in [-0.3, -0.25) is 4.79 Å². The van der Waals surface area contributed by atoms with E-state index < -0.39 is 17.9 Å². The fraction of sp³-hybridized carbons (Fsp3) is 0.176. The van der Waals surface area contributed by atoms with E-state index in [1.54, 1.807) is 36.4 Å². The summed E-state index contributed by atoms with van der Waals surface area (Å²) in [5.74, 6) is -1.00. The van der Waals surface area contributed by atoms with Crippen LogP contribution in [0, 0.1) is 0 Å². The van der Waals surface area contributed by atoms with E-state index in [1.807, 2.05) is 0 Å². The average molecular weight is 510 g/mol. The summed E-state index contributed by atoms with van der Waals surface area (Å²) in [5.41, 5.74) is 0.956. The Morgan fingerprint density at radius 2 is 1.68 bits per heavy atom. The van der Waals surface area contributed by atoms with Gasteiger partial charge in [-0.1, -0.05) is 61.1 Å². The first-order chi connectivity index (χ1) is 11.8. The van der Waals surface area contributed by atoms with Crippen LogP contribution < -0.4 is 5.32 Å². The van der Waals surface area contributed by atoms with Crippen LogP contribution in [-0.2, 0) is 16.0 Å². The van der Waals surface area contributed by atoms with Crippen molar-refractivity contribution in [2.75, 3.05) is 7.11 Å². The number of benzene rings is 2. The van der Waals surface area contributed by atoms with Crippen LogP contribution in [0.4, 0.5) is 0 Å². The number of hydrogen-bond acceptors (Lipinski definition) is 3. The van der Waals surface area contributed by atoms with Crippen molar-refractivity contribution in [1.82, 2.24) is 5.32 Å². The van der Waals surface area contributed by atoms with Crippen molar-refractivity contribution in [3.63, 3.8) is 0 Å². The third-order valence-electron chi connectivity index (χ3n) is 3.39. The highest BCUT2D eigenvalue weighted by Crippen LogP contribution is 2.26. The predicted molar refractivity (Wildman–Crippen MR) is 105 cm³/mol. The summed E-state index contributed by atoms with van der Waals surface area (Å²) in [6.07, 6.45) is 0.117. The molecule has 0 aromatic heterocycles. The number of hydrogen-bond donors (Lipinski definition) is 1. The molecule has 132 valence electrons. The molecule has 0 fully saturated rings.